The number of aliphatic hydroxyl groups is 1. The minimum atomic E-state index is -0.746. The fraction of sp³-hybridized carbons (Fsp3) is 0.308. The van der Waals surface area contributed by atoms with E-state index in [-0.39, 0.29) is 25.5 Å². The van der Waals surface area contributed by atoms with Crippen molar-refractivity contribution in [2.75, 3.05) is 13.1 Å². The van der Waals surface area contributed by atoms with Crippen molar-refractivity contribution in [2.24, 2.45) is 0 Å². The van der Waals surface area contributed by atoms with Crippen molar-refractivity contribution in [3.63, 3.8) is 0 Å². The van der Waals surface area contributed by atoms with Crippen molar-refractivity contribution in [1.82, 2.24) is 9.80 Å². The van der Waals surface area contributed by atoms with Crippen LogP contribution in [0.2, 0.25) is 0 Å². The van der Waals surface area contributed by atoms with Crippen molar-refractivity contribution in [1.29, 1.82) is 0 Å². The fourth-order valence-corrected chi connectivity index (χ4v) is 4.24. The van der Waals surface area contributed by atoms with Gasteiger partial charge in [0.15, 0.2) is 0 Å². The van der Waals surface area contributed by atoms with Gasteiger partial charge in [0.1, 0.15) is 12.6 Å². The minimum Gasteiger partial charge on any atom is -0.445 e. The van der Waals surface area contributed by atoms with Gasteiger partial charge in [-0.1, -0.05) is 72.8 Å². The molecule has 0 saturated carbocycles. The van der Waals surface area contributed by atoms with Crippen molar-refractivity contribution in [3.05, 3.63) is 83.9 Å². The van der Waals surface area contributed by atoms with Gasteiger partial charge in [-0.3, -0.25) is 9.69 Å². The Bertz CT molecular complexity index is 1080. The molecular weight excluding hydrogens is 404 g/mol. The number of likely N-dealkylation sites (tertiary alicyclic amines) is 1. The molecule has 1 aliphatic rings. The van der Waals surface area contributed by atoms with Gasteiger partial charge in [0.25, 0.3) is 0 Å². The minimum absolute atomic E-state index is 0.0931. The first-order valence-corrected chi connectivity index (χ1v) is 11.0. The monoisotopic (exact) mass is 432 g/mol. The maximum atomic E-state index is 13.4. The van der Waals surface area contributed by atoms with Crippen molar-refractivity contribution in [2.45, 2.75) is 38.6 Å². The van der Waals surface area contributed by atoms with Gasteiger partial charge in [-0.05, 0) is 28.8 Å². The maximum absolute atomic E-state index is 13.4. The average Bonchev–Trinajstić information content (AvgIpc) is 3.23. The van der Waals surface area contributed by atoms with Crippen LogP contribution in [0, 0.1) is 0 Å². The number of amides is 2. The molecule has 2 atom stereocenters. The Labute approximate surface area is 188 Å². The van der Waals surface area contributed by atoms with Crippen LogP contribution in [0.4, 0.5) is 4.79 Å². The zero-order valence-corrected chi connectivity index (χ0v) is 18.2. The highest BCUT2D eigenvalue weighted by molar-refractivity contribution is 5.88. The van der Waals surface area contributed by atoms with Gasteiger partial charge in [-0.2, -0.15) is 0 Å². The topological polar surface area (TPSA) is 70.1 Å². The molecule has 1 aliphatic heterocycles. The molecule has 1 unspecified atom stereocenters. The SMILES string of the molecule is CCN(Cc1cccc2ccccc12)C(=O)[C@@H]1CC(O)CN1C(=O)OCc1ccccc1. The van der Waals surface area contributed by atoms with Gasteiger partial charge in [-0.15, -0.1) is 0 Å². The van der Waals surface area contributed by atoms with Crippen LogP contribution in [0.3, 0.4) is 0 Å². The molecule has 1 N–H and O–H groups in total. The number of carbonyl (C=O) groups excluding carboxylic acids is 2. The van der Waals surface area contributed by atoms with E-state index in [9.17, 15) is 14.7 Å². The van der Waals surface area contributed by atoms with Gasteiger partial charge < -0.3 is 14.7 Å². The predicted octanol–water partition coefficient (Wildman–Crippen LogP) is 3.96. The van der Waals surface area contributed by atoms with E-state index >= 15 is 0 Å². The standard InChI is InChI=1S/C26H28N2O4/c1-2-27(16-21-13-8-12-20-11-6-7-14-23(20)21)25(30)24-15-22(29)17-28(24)26(31)32-18-19-9-4-3-5-10-19/h3-14,22,24,29H,2,15-18H2,1H3/t22?,24-/m0/s1. The van der Waals surface area contributed by atoms with Gasteiger partial charge in [0, 0.05) is 19.5 Å². The molecule has 0 bridgehead atoms. The van der Waals surface area contributed by atoms with Gasteiger partial charge >= 0.3 is 6.09 Å². The molecule has 32 heavy (non-hydrogen) atoms. The summed E-state index contributed by atoms with van der Waals surface area (Å²) in [5, 5.41) is 12.4. The second-order valence-corrected chi connectivity index (χ2v) is 8.09. The maximum Gasteiger partial charge on any atom is 0.410 e. The number of β-amino-alcohol motifs (C(OH)–C–C–N with tert-alkyl or cyclic N) is 1. The van der Waals surface area contributed by atoms with E-state index < -0.39 is 18.2 Å². The van der Waals surface area contributed by atoms with E-state index in [0.717, 1.165) is 21.9 Å². The lowest BCUT2D eigenvalue weighted by Gasteiger charge is -2.29. The number of hydrogen-bond donors (Lipinski definition) is 1. The Morgan fingerprint density at radius 3 is 2.53 bits per heavy atom. The van der Waals surface area contributed by atoms with Gasteiger partial charge in [-0.25, -0.2) is 4.79 Å². The Morgan fingerprint density at radius 1 is 1.03 bits per heavy atom. The average molecular weight is 433 g/mol. The third-order valence-corrected chi connectivity index (χ3v) is 5.94. The first kappa shape index (κ1) is 21.8. The third kappa shape index (κ3) is 4.75. The number of fused-ring (bicyclic) bond motifs is 1. The van der Waals surface area contributed by atoms with E-state index in [2.05, 4.69) is 18.2 Å². The second-order valence-electron chi connectivity index (χ2n) is 8.09. The molecule has 0 aliphatic carbocycles. The van der Waals surface area contributed by atoms with Crippen LogP contribution >= 0.6 is 0 Å². The van der Waals surface area contributed by atoms with Crippen LogP contribution in [-0.4, -0.2) is 52.1 Å². The summed E-state index contributed by atoms with van der Waals surface area (Å²) in [5.74, 6) is -0.173. The van der Waals surface area contributed by atoms with Crippen LogP contribution in [-0.2, 0) is 22.7 Å². The van der Waals surface area contributed by atoms with Crippen LogP contribution in [0.5, 0.6) is 0 Å². The van der Waals surface area contributed by atoms with E-state index in [4.69, 9.17) is 4.74 Å². The summed E-state index contributed by atoms with van der Waals surface area (Å²) in [6, 6.07) is 22.8. The zero-order chi connectivity index (χ0) is 22.5. The summed E-state index contributed by atoms with van der Waals surface area (Å²) < 4.78 is 5.44. The molecule has 3 aromatic carbocycles. The lowest BCUT2D eigenvalue weighted by molar-refractivity contribution is -0.136. The first-order valence-electron chi connectivity index (χ1n) is 11.0. The smallest absolute Gasteiger partial charge is 0.410 e. The summed E-state index contributed by atoms with van der Waals surface area (Å²) in [6.07, 6.45) is -1.11. The normalized spacial score (nSPS) is 18.0. The van der Waals surface area contributed by atoms with Crippen LogP contribution in [0.25, 0.3) is 10.8 Å². The molecule has 6 nitrogen and oxygen atoms in total. The highest BCUT2D eigenvalue weighted by atomic mass is 16.6. The number of aliphatic hydroxyl groups excluding tert-OH is 1. The van der Waals surface area contributed by atoms with E-state index in [0.29, 0.717) is 13.1 Å². The summed E-state index contributed by atoms with van der Waals surface area (Å²) in [7, 11) is 0. The van der Waals surface area contributed by atoms with Gasteiger partial charge in [0.2, 0.25) is 5.91 Å². The molecule has 4 rings (SSSR count). The van der Waals surface area contributed by atoms with Crippen molar-refractivity contribution < 1.29 is 19.4 Å². The molecule has 2 amide bonds. The highest BCUT2D eigenvalue weighted by Crippen LogP contribution is 2.24. The zero-order valence-electron chi connectivity index (χ0n) is 18.2. The molecule has 1 saturated heterocycles. The number of nitrogens with zero attached hydrogens (tertiary/aromatic N) is 2. The number of ether oxygens (including phenoxy) is 1. The molecule has 1 heterocycles. The third-order valence-electron chi connectivity index (χ3n) is 5.94. The number of likely N-dealkylation sites (N-methyl/N-ethyl adjacent to an activating group) is 1. The molecule has 0 spiro atoms. The molecule has 0 aromatic heterocycles. The van der Waals surface area contributed by atoms with Crippen molar-refractivity contribution in [3.8, 4) is 0 Å². The molecule has 0 radical (unpaired) electrons. The Balaban J connectivity index is 1.48. The van der Waals surface area contributed by atoms with Gasteiger partial charge in [0.05, 0.1) is 12.6 Å². The number of hydrogen-bond acceptors (Lipinski definition) is 4. The second kappa shape index (κ2) is 9.83. The molecular formula is C26H28N2O4. The van der Waals surface area contributed by atoms with Crippen molar-refractivity contribution >= 4 is 22.8 Å². The number of rotatable bonds is 6. The van der Waals surface area contributed by atoms with Crippen LogP contribution < -0.4 is 0 Å². The number of benzene rings is 3. The van der Waals surface area contributed by atoms with Crippen LogP contribution in [0.1, 0.15) is 24.5 Å². The van der Waals surface area contributed by atoms with E-state index in [1.54, 1.807) is 4.90 Å². The molecule has 1 fully saturated rings. The lowest BCUT2D eigenvalue weighted by Crippen LogP contribution is -2.47. The highest BCUT2D eigenvalue weighted by Gasteiger charge is 2.41. The summed E-state index contributed by atoms with van der Waals surface area (Å²) >= 11 is 0. The Hall–Kier alpha value is -3.38. The summed E-state index contributed by atoms with van der Waals surface area (Å²) in [4.78, 5) is 29.3. The summed E-state index contributed by atoms with van der Waals surface area (Å²) in [5.41, 5.74) is 1.92. The van der Waals surface area contributed by atoms with E-state index in [1.807, 2.05) is 61.5 Å². The first-order chi connectivity index (χ1) is 15.6. The molecule has 3 aromatic rings. The van der Waals surface area contributed by atoms with Crippen LogP contribution in [0.15, 0.2) is 72.8 Å². The molecule has 6 heteroatoms. The lowest BCUT2D eigenvalue weighted by atomic mass is 10.0. The Morgan fingerprint density at radius 2 is 1.75 bits per heavy atom. The van der Waals surface area contributed by atoms with E-state index in [1.165, 1.54) is 4.90 Å². The molecule has 166 valence electrons. The quantitative estimate of drug-likeness (QED) is 0.640. The Kier molecular flexibility index (Phi) is 6.71. The predicted molar refractivity (Wildman–Crippen MR) is 123 cm³/mol. The largest absolute Gasteiger partial charge is 0.445 e. The fourth-order valence-electron chi connectivity index (χ4n) is 4.24. The number of carbonyl (C=O) groups is 2. The summed E-state index contributed by atoms with van der Waals surface area (Å²) in [6.45, 7) is 3.08.